The van der Waals surface area contributed by atoms with Crippen molar-refractivity contribution in [3.05, 3.63) is 41.2 Å². The van der Waals surface area contributed by atoms with Crippen LogP contribution < -0.4 is 4.72 Å². The molecule has 0 radical (unpaired) electrons. The first-order chi connectivity index (χ1) is 8.34. The second-order valence-corrected chi connectivity index (χ2v) is 7.80. The summed E-state index contributed by atoms with van der Waals surface area (Å²) in [7, 11) is -1.11. The molecule has 0 aromatic carbocycles. The molecular weight excluding hydrogens is 312 g/mol. The number of nitrogens with one attached hydrogen (secondary N) is 1. The Morgan fingerprint density at radius 3 is 2.78 bits per heavy atom. The van der Waals surface area contributed by atoms with Crippen molar-refractivity contribution in [1.29, 1.82) is 0 Å². The van der Waals surface area contributed by atoms with Crippen molar-refractivity contribution in [3.8, 4) is 0 Å². The first-order valence-electron chi connectivity index (χ1n) is 5.75. The van der Waals surface area contributed by atoms with Crippen LogP contribution in [-0.4, -0.2) is 13.9 Å². The number of hydrogen-bond donors (Lipinski definition) is 1. The van der Waals surface area contributed by atoms with Gasteiger partial charge in [0.05, 0.1) is 15.7 Å². The standard InChI is InChI=1S/C13H19BrN2OS/c1-5-6-11(16-18(17)13(2,3)4)10-7-8-15-12(14)9-10/h5,7-9,11,16H,1,6H2,2-4H3. The molecular formula is C13H19BrN2OS. The van der Waals surface area contributed by atoms with E-state index in [1.807, 2.05) is 39.0 Å². The third-order valence-electron chi connectivity index (χ3n) is 2.36. The van der Waals surface area contributed by atoms with Gasteiger partial charge in [0.25, 0.3) is 0 Å². The maximum absolute atomic E-state index is 12.1. The molecule has 0 saturated carbocycles. The fraction of sp³-hybridized carbons (Fsp3) is 0.462. The van der Waals surface area contributed by atoms with E-state index in [4.69, 9.17) is 0 Å². The Kier molecular flexibility index (Phi) is 5.69. The van der Waals surface area contributed by atoms with Crippen LogP contribution in [0.15, 0.2) is 35.6 Å². The number of aromatic nitrogens is 1. The van der Waals surface area contributed by atoms with Gasteiger partial charge in [-0.3, -0.25) is 0 Å². The first-order valence-corrected chi connectivity index (χ1v) is 7.69. The molecule has 5 heteroatoms. The van der Waals surface area contributed by atoms with Crippen LogP contribution in [0.4, 0.5) is 0 Å². The average molecular weight is 331 g/mol. The van der Waals surface area contributed by atoms with E-state index in [9.17, 15) is 4.21 Å². The Morgan fingerprint density at radius 1 is 1.61 bits per heavy atom. The molecule has 2 unspecified atom stereocenters. The molecule has 18 heavy (non-hydrogen) atoms. The van der Waals surface area contributed by atoms with Crippen molar-refractivity contribution in [2.24, 2.45) is 0 Å². The second-order valence-electron chi connectivity index (χ2n) is 4.99. The van der Waals surface area contributed by atoms with Crippen molar-refractivity contribution in [1.82, 2.24) is 9.71 Å². The van der Waals surface area contributed by atoms with Gasteiger partial charge in [-0.2, -0.15) is 0 Å². The fourth-order valence-electron chi connectivity index (χ4n) is 1.36. The largest absolute Gasteiger partial charge is 0.249 e. The van der Waals surface area contributed by atoms with Crippen LogP contribution in [0.25, 0.3) is 0 Å². The number of rotatable bonds is 5. The third-order valence-corrected chi connectivity index (χ3v) is 4.41. The predicted octanol–water partition coefficient (Wildman–Crippen LogP) is 3.51. The molecule has 0 aliphatic rings. The highest BCUT2D eigenvalue weighted by molar-refractivity contribution is 9.10. The van der Waals surface area contributed by atoms with E-state index in [0.717, 1.165) is 16.6 Å². The summed E-state index contributed by atoms with van der Waals surface area (Å²) in [6.07, 6.45) is 4.28. The zero-order valence-corrected chi connectivity index (χ0v) is 13.3. The maximum atomic E-state index is 12.1. The number of nitrogens with zero attached hydrogens (tertiary/aromatic N) is 1. The molecule has 1 rings (SSSR count). The quantitative estimate of drug-likeness (QED) is 0.663. The number of halogens is 1. The molecule has 0 saturated heterocycles. The van der Waals surface area contributed by atoms with E-state index in [1.165, 1.54) is 0 Å². The predicted molar refractivity (Wildman–Crippen MR) is 80.5 cm³/mol. The monoisotopic (exact) mass is 330 g/mol. The van der Waals surface area contributed by atoms with Crippen LogP contribution in [-0.2, 0) is 11.0 Å². The van der Waals surface area contributed by atoms with Crippen LogP contribution in [0.1, 0.15) is 38.8 Å². The van der Waals surface area contributed by atoms with Gasteiger partial charge in [-0.15, -0.1) is 6.58 Å². The molecule has 0 bridgehead atoms. The third kappa shape index (κ3) is 4.63. The minimum Gasteiger partial charge on any atom is -0.249 e. The Labute approximate surface area is 120 Å². The zero-order valence-electron chi connectivity index (χ0n) is 10.9. The average Bonchev–Trinajstić information content (AvgIpc) is 2.27. The van der Waals surface area contributed by atoms with Gasteiger partial charge in [0, 0.05) is 12.2 Å². The fourth-order valence-corrected chi connectivity index (χ4v) is 2.59. The van der Waals surface area contributed by atoms with E-state index in [0.29, 0.717) is 0 Å². The minimum absolute atomic E-state index is 0.0122. The Balaban J connectivity index is 2.90. The van der Waals surface area contributed by atoms with Crippen LogP contribution in [0.2, 0.25) is 0 Å². The zero-order chi connectivity index (χ0) is 13.8. The molecule has 0 amide bonds. The van der Waals surface area contributed by atoms with Crippen molar-refractivity contribution < 1.29 is 4.21 Å². The number of hydrogen-bond acceptors (Lipinski definition) is 2. The summed E-state index contributed by atoms with van der Waals surface area (Å²) in [5.74, 6) is 0. The summed E-state index contributed by atoms with van der Waals surface area (Å²) in [6, 6.07) is 3.84. The topological polar surface area (TPSA) is 42.0 Å². The lowest BCUT2D eigenvalue weighted by atomic mass is 10.1. The summed E-state index contributed by atoms with van der Waals surface area (Å²) < 4.78 is 15.8. The Morgan fingerprint density at radius 2 is 2.28 bits per heavy atom. The van der Waals surface area contributed by atoms with Gasteiger partial charge in [-0.1, -0.05) is 6.08 Å². The lowest BCUT2D eigenvalue weighted by Crippen LogP contribution is -2.35. The number of pyridine rings is 1. The molecule has 0 aliphatic heterocycles. The highest BCUT2D eigenvalue weighted by Gasteiger charge is 2.23. The van der Waals surface area contributed by atoms with Gasteiger partial charge in [0.1, 0.15) is 4.60 Å². The Hall–Kier alpha value is -0.520. The van der Waals surface area contributed by atoms with Crippen molar-refractivity contribution >= 4 is 26.9 Å². The molecule has 0 aliphatic carbocycles. The van der Waals surface area contributed by atoms with Crippen molar-refractivity contribution in [2.45, 2.75) is 38.0 Å². The molecule has 0 fully saturated rings. The normalized spacial score (nSPS) is 15.1. The lowest BCUT2D eigenvalue weighted by molar-refractivity contribution is 0.601. The van der Waals surface area contributed by atoms with Crippen LogP contribution >= 0.6 is 15.9 Å². The minimum atomic E-state index is -1.11. The van der Waals surface area contributed by atoms with Gasteiger partial charge >= 0.3 is 0 Å². The Bertz CT molecular complexity index is 443. The van der Waals surface area contributed by atoms with Gasteiger partial charge in [0.15, 0.2) is 0 Å². The highest BCUT2D eigenvalue weighted by atomic mass is 79.9. The van der Waals surface area contributed by atoms with Gasteiger partial charge in [0.2, 0.25) is 0 Å². The second kappa shape index (κ2) is 6.59. The van der Waals surface area contributed by atoms with Crippen LogP contribution in [0, 0.1) is 0 Å². The van der Waals surface area contributed by atoms with Gasteiger partial charge in [-0.05, 0) is 60.8 Å². The molecule has 0 spiro atoms. The SMILES string of the molecule is C=CCC(NS(=O)C(C)(C)C)c1ccnc(Br)c1. The summed E-state index contributed by atoms with van der Waals surface area (Å²) in [6.45, 7) is 9.60. The summed E-state index contributed by atoms with van der Waals surface area (Å²) in [5.41, 5.74) is 1.05. The molecule has 3 nitrogen and oxygen atoms in total. The molecule has 1 heterocycles. The van der Waals surface area contributed by atoms with E-state index < -0.39 is 11.0 Å². The molecule has 2 atom stereocenters. The summed E-state index contributed by atoms with van der Waals surface area (Å²) in [4.78, 5) is 4.10. The molecule has 100 valence electrons. The van der Waals surface area contributed by atoms with Crippen molar-refractivity contribution in [3.63, 3.8) is 0 Å². The molecule has 1 N–H and O–H groups in total. The summed E-state index contributed by atoms with van der Waals surface area (Å²) in [5, 5.41) is 0. The van der Waals surface area contributed by atoms with Crippen molar-refractivity contribution in [2.75, 3.05) is 0 Å². The smallest absolute Gasteiger partial charge is 0.106 e. The van der Waals surface area contributed by atoms with Gasteiger partial charge in [-0.25, -0.2) is 13.9 Å². The highest BCUT2D eigenvalue weighted by Crippen LogP contribution is 2.22. The van der Waals surface area contributed by atoms with E-state index >= 15 is 0 Å². The van der Waals surface area contributed by atoms with Gasteiger partial charge < -0.3 is 0 Å². The van der Waals surface area contributed by atoms with E-state index in [2.05, 4.69) is 32.2 Å². The molecule has 1 aromatic rings. The molecule has 1 aromatic heterocycles. The van der Waals surface area contributed by atoms with Crippen LogP contribution in [0.3, 0.4) is 0 Å². The van der Waals surface area contributed by atoms with E-state index in [1.54, 1.807) is 6.20 Å². The van der Waals surface area contributed by atoms with Crippen LogP contribution in [0.5, 0.6) is 0 Å². The van der Waals surface area contributed by atoms with E-state index in [-0.39, 0.29) is 10.8 Å². The summed E-state index contributed by atoms with van der Waals surface area (Å²) >= 11 is 3.35. The lowest BCUT2D eigenvalue weighted by Gasteiger charge is -2.24. The maximum Gasteiger partial charge on any atom is 0.106 e. The first kappa shape index (κ1) is 15.5.